The number of hydrogen-bond donors (Lipinski definition) is 1. The molecule has 3 saturated carbocycles. The second-order valence-electron chi connectivity index (χ2n) is 30.8. The standard InChI is InChI=1S/3C24H26ClNO2.C20H22ClNO/c3*25-21-10-6-17(7-11-21)14-22(27)15-20-16-26(24(28)19-8-9-19)13-12-23(20)18-4-2-1-3-5-18;21-18-8-6-15(7-9-18)12-19(23)13-17-14-22-11-10-20(17)16-4-2-1-3-5-16/h3*1-7,10-11,19-20,23H,8-9,12-16H2;1-9,17,20,22H,10-14H2/t20-,23?;;;17-,20?/m1..1/s1. The molecular formula is C92H100Cl4N4O7. The molecule has 15 heteroatoms. The maximum Gasteiger partial charge on any atom is 0.225 e. The molecule has 8 aromatic carbocycles. The SMILES string of the molecule is O=C(Cc1ccc(Cl)cc1)CC1CN(C(=O)C2CC2)CCC1c1ccccc1.O=C(Cc1ccc(Cl)cc1)CC1CN(C(=O)C2CC2)CCC1c1ccccc1.O=C(Cc1ccc(Cl)cc1)C[C@@H]1CN(C(=O)C2CC2)CCC1c1ccccc1.O=C(Cc1ccc(Cl)cc1)C[C@@H]1CNCCC1c1ccccc1. The number of ketones is 4. The molecule has 7 aliphatic rings. The minimum Gasteiger partial charge on any atom is -0.342 e. The van der Waals surface area contributed by atoms with Crippen molar-refractivity contribution in [2.24, 2.45) is 41.4 Å². The molecule has 4 heterocycles. The smallest absolute Gasteiger partial charge is 0.225 e. The van der Waals surface area contributed by atoms with Gasteiger partial charge in [-0.3, -0.25) is 33.6 Å². The largest absolute Gasteiger partial charge is 0.342 e. The Labute approximate surface area is 652 Å². The maximum absolute atomic E-state index is 12.8. The molecule has 0 radical (unpaired) electrons. The zero-order valence-corrected chi connectivity index (χ0v) is 64.3. The Morgan fingerprint density at radius 2 is 0.523 bits per heavy atom. The normalized spacial score (nSPS) is 21.9. The van der Waals surface area contributed by atoms with E-state index in [-0.39, 0.29) is 52.9 Å². The number of Topliss-reactive ketones (excluding diaryl/α,β-unsaturated/α-hetero) is 4. The van der Waals surface area contributed by atoms with E-state index >= 15 is 0 Å². The van der Waals surface area contributed by atoms with Crippen LogP contribution in [-0.4, -0.2) is 108 Å². The first kappa shape index (κ1) is 78.5. The predicted molar refractivity (Wildman–Crippen MR) is 429 cm³/mol. The molecule has 107 heavy (non-hydrogen) atoms. The average molecular weight is 1520 g/mol. The minimum absolute atomic E-state index is 0.179. The van der Waals surface area contributed by atoms with Crippen LogP contribution in [0.15, 0.2) is 218 Å². The quantitative estimate of drug-likeness (QED) is 0.0667. The van der Waals surface area contributed by atoms with E-state index in [1.54, 1.807) is 0 Å². The van der Waals surface area contributed by atoms with Crippen LogP contribution in [0.25, 0.3) is 0 Å². The molecule has 0 spiro atoms. The summed E-state index contributed by atoms with van der Waals surface area (Å²) in [5, 5.41) is 6.20. The van der Waals surface area contributed by atoms with Crippen molar-refractivity contribution < 1.29 is 33.6 Å². The van der Waals surface area contributed by atoms with Gasteiger partial charge in [0, 0.05) is 128 Å². The Balaban J connectivity index is 0.000000134. The molecule has 4 aliphatic heterocycles. The summed E-state index contributed by atoms with van der Waals surface area (Å²) >= 11 is 23.7. The number of carbonyl (C=O) groups is 7. The first-order valence-electron chi connectivity index (χ1n) is 38.8. The Kier molecular flexibility index (Phi) is 28.5. The zero-order chi connectivity index (χ0) is 74.6. The monoisotopic (exact) mass is 1510 g/mol. The summed E-state index contributed by atoms with van der Waals surface area (Å²) in [7, 11) is 0. The molecule has 558 valence electrons. The fourth-order valence-corrected chi connectivity index (χ4v) is 17.1. The number of rotatable bonds is 23. The number of nitrogens with one attached hydrogen (secondary N) is 1. The van der Waals surface area contributed by atoms with Crippen molar-refractivity contribution in [1.82, 2.24) is 20.0 Å². The molecule has 6 unspecified atom stereocenters. The molecule has 4 saturated heterocycles. The Morgan fingerprint density at radius 3 is 0.766 bits per heavy atom. The molecule has 0 bridgehead atoms. The predicted octanol–water partition coefficient (Wildman–Crippen LogP) is 18.9. The van der Waals surface area contributed by atoms with Crippen LogP contribution in [0, 0.1) is 41.4 Å². The van der Waals surface area contributed by atoms with Crippen LogP contribution in [0.3, 0.4) is 0 Å². The summed E-state index contributed by atoms with van der Waals surface area (Å²) in [6, 6.07) is 72.0. The van der Waals surface area contributed by atoms with Gasteiger partial charge in [0.1, 0.15) is 23.1 Å². The summed E-state index contributed by atoms with van der Waals surface area (Å²) in [5.74, 6) is 4.98. The summed E-state index contributed by atoms with van der Waals surface area (Å²) in [6.07, 6.45) is 14.0. The number of carbonyl (C=O) groups excluding carboxylic acids is 7. The average Bonchev–Trinajstić information content (AvgIpc) is 1.76. The van der Waals surface area contributed by atoms with Crippen LogP contribution in [0.1, 0.15) is 158 Å². The van der Waals surface area contributed by atoms with Crippen molar-refractivity contribution in [3.63, 3.8) is 0 Å². The third-order valence-corrected chi connectivity index (χ3v) is 23.7. The number of amides is 3. The number of halogens is 4. The van der Waals surface area contributed by atoms with E-state index in [0.29, 0.717) is 144 Å². The highest BCUT2D eigenvalue weighted by Gasteiger charge is 2.42. The lowest BCUT2D eigenvalue weighted by Gasteiger charge is -2.39. The Morgan fingerprint density at radius 1 is 0.290 bits per heavy atom. The van der Waals surface area contributed by atoms with E-state index in [1.165, 1.54) is 22.3 Å². The molecule has 15 rings (SSSR count). The second-order valence-corrected chi connectivity index (χ2v) is 32.6. The van der Waals surface area contributed by atoms with E-state index in [1.807, 2.05) is 136 Å². The Hall–Kier alpha value is -8.03. The molecule has 1 N–H and O–H groups in total. The molecule has 8 aromatic rings. The molecule has 11 nitrogen and oxygen atoms in total. The first-order valence-corrected chi connectivity index (χ1v) is 40.3. The molecule has 3 amide bonds. The molecule has 8 atom stereocenters. The van der Waals surface area contributed by atoms with Gasteiger partial charge in [-0.1, -0.05) is 216 Å². The van der Waals surface area contributed by atoms with Crippen LogP contribution < -0.4 is 5.32 Å². The van der Waals surface area contributed by atoms with Gasteiger partial charge in [-0.25, -0.2) is 0 Å². The molecular weight excluding hydrogens is 1410 g/mol. The highest BCUT2D eigenvalue weighted by molar-refractivity contribution is 6.31. The van der Waals surface area contributed by atoms with Gasteiger partial charge >= 0.3 is 0 Å². The highest BCUT2D eigenvalue weighted by atomic mass is 35.5. The number of benzene rings is 8. The summed E-state index contributed by atoms with van der Waals surface area (Å²) in [5.41, 5.74) is 9.23. The first-order chi connectivity index (χ1) is 52.0. The fraction of sp³-hybridized carbons (Fsp3) is 0.402. The van der Waals surface area contributed by atoms with Gasteiger partial charge in [0.2, 0.25) is 17.7 Å². The van der Waals surface area contributed by atoms with Crippen molar-refractivity contribution in [2.45, 2.75) is 139 Å². The van der Waals surface area contributed by atoms with Gasteiger partial charge in [-0.15, -0.1) is 0 Å². The van der Waals surface area contributed by atoms with Crippen LogP contribution in [0.4, 0.5) is 0 Å². The lowest BCUT2D eigenvalue weighted by atomic mass is 9.77. The highest BCUT2D eigenvalue weighted by Crippen LogP contribution is 2.43. The van der Waals surface area contributed by atoms with Crippen LogP contribution in [0.5, 0.6) is 0 Å². The van der Waals surface area contributed by atoms with E-state index < -0.39 is 0 Å². The van der Waals surface area contributed by atoms with Crippen LogP contribution >= 0.6 is 46.4 Å². The Bertz CT molecular complexity index is 3880. The second kappa shape index (κ2) is 38.9. The van der Waals surface area contributed by atoms with E-state index in [0.717, 1.165) is 119 Å². The number of hydrogen-bond acceptors (Lipinski definition) is 8. The minimum atomic E-state index is 0.179. The van der Waals surface area contributed by atoms with Crippen molar-refractivity contribution in [3.05, 3.63) is 283 Å². The van der Waals surface area contributed by atoms with Gasteiger partial charge in [0.05, 0.1) is 0 Å². The van der Waals surface area contributed by atoms with Gasteiger partial charge < -0.3 is 20.0 Å². The topological polar surface area (TPSA) is 141 Å². The van der Waals surface area contributed by atoms with Gasteiger partial charge in [-0.2, -0.15) is 0 Å². The number of piperidine rings is 4. The van der Waals surface area contributed by atoms with E-state index in [4.69, 9.17) is 46.4 Å². The van der Waals surface area contributed by atoms with E-state index in [9.17, 15) is 33.6 Å². The van der Waals surface area contributed by atoms with Crippen molar-refractivity contribution in [3.8, 4) is 0 Å². The molecule has 7 fully saturated rings. The number of nitrogens with zero attached hydrogens (tertiary/aromatic N) is 3. The van der Waals surface area contributed by atoms with Crippen molar-refractivity contribution >= 4 is 87.3 Å². The van der Waals surface area contributed by atoms with Gasteiger partial charge in [0.15, 0.2) is 0 Å². The van der Waals surface area contributed by atoms with Crippen molar-refractivity contribution in [1.29, 1.82) is 0 Å². The zero-order valence-electron chi connectivity index (χ0n) is 61.2. The molecule has 3 aliphatic carbocycles. The lowest BCUT2D eigenvalue weighted by Crippen LogP contribution is -2.44. The summed E-state index contributed by atoms with van der Waals surface area (Å²) in [4.78, 5) is 94.8. The maximum atomic E-state index is 12.8. The van der Waals surface area contributed by atoms with Crippen LogP contribution in [0.2, 0.25) is 20.1 Å². The van der Waals surface area contributed by atoms with E-state index in [2.05, 4.69) is 102 Å². The third kappa shape index (κ3) is 23.7. The lowest BCUT2D eigenvalue weighted by molar-refractivity contribution is -0.136. The molecule has 0 aromatic heterocycles. The fourth-order valence-electron chi connectivity index (χ4n) is 16.6. The summed E-state index contributed by atoms with van der Waals surface area (Å²) < 4.78 is 0. The summed E-state index contributed by atoms with van der Waals surface area (Å²) in [6.45, 7) is 6.45. The number of likely N-dealkylation sites (tertiary alicyclic amines) is 3. The van der Waals surface area contributed by atoms with Gasteiger partial charge in [-0.05, 0) is 218 Å². The van der Waals surface area contributed by atoms with Crippen molar-refractivity contribution in [2.75, 3.05) is 52.4 Å². The third-order valence-electron chi connectivity index (χ3n) is 22.7. The van der Waals surface area contributed by atoms with Gasteiger partial charge in [0.25, 0.3) is 0 Å². The van der Waals surface area contributed by atoms with Crippen LogP contribution in [-0.2, 0) is 59.2 Å².